The van der Waals surface area contributed by atoms with Crippen molar-refractivity contribution in [1.82, 2.24) is 10.2 Å². The minimum Gasteiger partial charge on any atom is -0.493 e. The number of halogens is 1. The first-order valence-electron chi connectivity index (χ1n) is 13.6. The van der Waals surface area contributed by atoms with Gasteiger partial charge in [0.25, 0.3) is 0 Å². The molecule has 10 heteroatoms. The Hall–Kier alpha value is -3.47. The van der Waals surface area contributed by atoms with Gasteiger partial charge in [-0.1, -0.05) is 25.5 Å². The number of hydrogen-bond acceptors (Lipinski definition) is 7. The fraction of sp³-hybridized carbons (Fsp3) is 0.467. The predicted octanol–water partition coefficient (Wildman–Crippen LogP) is 2.21. The van der Waals surface area contributed by atoms with Gasteiger partial charge in [0.2, 0.25) is 11.8 Å². The molecule has 1 aliphatic carbocycles. The van der Waals surface area contributed by atoms with E-state index >= 15 is 0 Å². The normalized spacial score (nSPS) is 21.1. The van der Waals surface area contributed by atoms with Crippen LogP contribution >= 0.6 is 0 Å². The van der Waals surface area contributed by atoms with E-state index in [-0.39, 0.29) is 50.0 Å². The lowest BCUT2D eigenvalue weighted by atomic mass is 9.77. The number of aliphatic hydroxyl groups excluding tert-OH is 3. The van der Waals surface area contributed by atoms with Gasteiger partial charge >= 0.3 is 0 Å². The topological polar surface area (TPSA) is 129 Å². The summed E-state index contributed by atoms with van der Waals surface area (Å²) in [6, 6.07) is 8.60. The lowest BCUT2D eigenvalue weighted by Gasteiger charge is -2.41. The Morgan fingerprint density at radius 3 is 2.65 bits per heavy atom. The molecule has 0 saturated carbocycles. The van der Waals surface area contributed by atoms with Crippen molar-refractivity contribution in [3.8, 4) is 11.5 Å². The lowest BCUT2D eigenvalue weighted by molar-refractivity contribution is -0.137. The van der Waals surface area contributed by atoms with E-state index in [1.54, 1.807) is 35.2 Å². The fourth-order valence-electron chi connectivity index (χ4n) is 5.47. The quantitative estimate of drug-likeness (QED) is 0.316. The Labute approximate surface area is 233 Å². The maximum atomic E-state index is 13.8. The molecule has 2 aliphatic rings. The van der Waals surface area contributed by atoms with Crippen LogP contribution in [0.25, 0.3) is 0 Å². The van der Waals surface area contributed by atoms with Gasteiger partial charge in [-0.05, 0) is 54.3 Å². The molecule has 4 rings (SSSR count). The lowest BCUT2D eigenvalue weighted by Crippen LogP contribution is -2.56. The van der Waals surface area contributed by atoms with Gasteiger partial charge in [0, 0.05) is 30.6 Å². The van der Waals surface area contributed by atoms with Crippen LogP contribution in [0.3, 0.4) is 0 Å². The number of benzene rings is 2. The van der Waals surface area contributed by atoms with Crippen molar-refractivity contribution in [1.29, 1.82) is 0 Å². The van der Waals surface area contributed by atoms with Gasteiger partial charge < -0.3 is 35.0 Å². The number of amides is 2. The Bertz CT molecular complexity index is 1250. The van der Waals surface area contributed by atoms with Gasteiger partial charge in [0.1, 0.15) is 18.0 Å². The van der Waals surface area contributed by atoms with Crippen LogP contribution in [0.4, 0.5) is 4.39 Å². The summed E-state index contributed by atoms with van der Waals surface area (Å²) in [5.74, 6) is -1.01. The molecule has 0 radical (unpaired) electrons. The molecule has 1 heterocycles. The van der Waals surface area contributed by atoms with Gasteiger partial charge in [-0.3, -0.25) is 9.59 Å². The van der Waals surface area contributed by atoms with E-state index in [0.717, 1.165) is 6.42 Å². The largest absolute Gasteiger partial charge is 0.493 e. The Morgan fingerprint density at radius 2 is 1.98 bits per heavy atom. The summed E-state index contributed by atoms with van der Waals surface area (Å²) < 4.78 is 25.6. The summed E-state index contributed by atoms with van der Waals surface area (Å²) in [5.41, 5.74) is 2.12. The fourth-order valence-corrected chi connectivity index (χ4v) is 5.47. The van der Waals surface area contributed by atoms with E-state index < -0.39 is 30.1 Å². The van der Waals surface area contributed by atoms with E-state index in [0.29, 0.717) is 41.0 Å². The number of methoxy groups -OCH3 is 1. The molecule has 1 aliphatic heterocycles. The molecule has 2 aromatic rings. The average molecular weight is 557 g/mol. The van der Waals surface area contributed by atoms with Gasteiger partial charge in [0.15, 0.2) is 11.5 Å². The second-order valence-electron chi connectivity index (χ2n) is 10.1. The molecule has 0 fully saturated rings. The van der Waals surface area contributed by atoms with Crippen LogP contribution in [0.15, 0.2) is 48.0 Å². The number of nitrogens with zero attached hydrogens (tertiary/aromatic N) is 1. The van der Waals surface area contributed by atoms with Crippen molar-refractivity contribution in [2.24, 2.45) is 0 Å². The number of rotatable bonds is 12. The summed E-state index contributed by atoms with van der Waals surface area (Å²) in [7, 11) is 1.46. The molecule has 216 valence electrons. The molecule has 0 aromatic heterocycles. The highest BCUT2D eigenvalue weighted by molar-refractivity contribution is 5.96. The monoisotopic (exact) mass is 556 g/mol. The van der Waals surface area contributed by atoms with Crippen molar-refractivity contribution in [2.75, 3.05) is 26.8 Å². The van der Waals surface area contributed by atoms with E-state index in [2.05, 4.69) is 5.32 Å². The van der Waals surface area contributed by atoms with Crippen LogP contribution in [0.2, 0.25) is 0 Å². The molecular weight excluding hydrogens is 519 g/mol. The Kier molecular flexibility index (Phi) is 9.78. The van der Waals surface area contributed by atoms with E-state index in [1.807, 2.05) is 6.92 Å². The van der Waals surface area contributed by atoms with Crippen molar-refractivity contribution >= 4 is 11.8 Å². The van der Waals surface area contributed by atoms with Gasteiger partial charge in [0.05, 0.1) is 32.3 Å². The molecule has 9 nitrogen and oxygen atoms in total. The summed E-state index contributed by atoms with van der Waals surface area (Å²) >= 11 is 0. The molecule has 0 unspecified atom stereocenters. The zero-order chi connectivity index (χ0) is 28.8. The van der Waals surface area contributed by atoms with Crippen LogP contribution in [-0.4, -0.2) is 77.1 Å². The zero-order valence-corrected chi connectivity index (χ0v) is 22.8. The highest BCUT2D eigenvalue weighted by Crippen LogP contribution is 2.51. The maximum absolute atomic E-state index is 13.8. The molecule has 2 aromatic carbocycles. The first kappa shape index (κ1) is 29.5. The van der Waals surface area contributed by atoms with Crippen LogP contribution < -0.4 is 14.8 Å². The van der Waals surface area contributed by atoms with Crippen LogP contribution in [0.1, 0.15) is 48.8 Å². The minimum atomic E-state index is -1.20. The molecule has 0 bridgehead atoms. The SMILES string of the molecule is CCCCC(=O)N(CCc1cccc(F)c1)[C@@H]1C=C(C(=O)NCCO)[C@@H]2c3cc(CO)cc(OC)c3O[C@@H]2[C@H]1O. The van der Waals surface area contributed by atoms with Crippen molar-refractivity contribution < 1.29 is 38.8 Å². The second-order valence-corrected chi connectivity index (χ2v) is 10.1. The summed E-state index contributed by atoms with van der Waals surface area (Å²) in [6.07, 6.45) is 1.54. The molecule has 0 spiro atoms. The number of ether oxygens (including phenoxy) is 2. The third kappa shape index (κ3) is 6.14. The average Bonchev–Trinajstić information content (AvgIpc) is 3.35. The van der Waals surface area contributed by atoms with E-state index in [9.17, 15) is 29.3 Å². The highest BCUT2D eigenvalue weighted by Gasteiger charge is 2.51. The molecule has 4 atom stereocenters. The Morgan fingerprint density at radius 1 is 1.18 bits per heavy atom. The summed E-state index contributed by atoms with van der Waals surface area (Å²) in [4.78, 5) is 28.4. The number of aliphatic hydroxyl groups is 3. The number of carbonyl (C=O) groups excluding carboxylic acids is 2. The van der Waals surface area contributed by atoms with Crippen molar-refractivity contribution in [2.45, 2.75) is 63.4 Å². The van der Waals surface area contributed by atoms with Crippen LogP contribution in [0, 0.1) is 5.82 Å². The zero-order valence-electron chi connectivity index (χ0n) is 22.8. The molecule has 0 saturated heterocycles. The number of fused-ring (bicyclic) bond motifs is 3. The smallest absolute Gasteiger partial charge is 0.247 e. The first-order chi connectivity index (χ1) is 19.3. The van der Waals surface area contributed by atoms with Gasteiger partial charge in [-0.2, -0.15) is 0 Å². The molecular formula is C30H37FN2O7. The summed E-state index contributed by atoms with van der Waals surface area (Å²) in [6.45, 7) is 1.67. The predicted molar refractivity (Wildman–Crippen MR) is 145 cm³/mol. The first-order valence-corrected chi connectivity index (χ1v) is 13.6. The van der Waals surface area contributed by atoms with Crippen molar-refractivity contribution in [3.63, 3.8) is 0 Å². The third-order valence-electron chi connectivity index (χ3n) is 7.45. The number of unbranched alkanes of at least 4 members (excludes halogenated alkanes) is 1. The molecule has 2 amide bonds. The van der Waals surface area contributed by atoms with Crippen LogP contribution in [-0.2, 0) is 22.6 Å². The maximum Gasteiger partial charge on any atom is 0.247 e. The van der Waals surface area contributed by atoms with Crippen molar-refractivity contribution in [3.05, 3.63) is 70.6 Å². The number of carbonyl (C=O) groups is 2. The Balaban J connectivity index is 1.76. The molecule has 4 N–H and O–H groups in total. The second kappa shape index (κ2) is 13.3. The minimum absolute atomic E-state index is 0.0210. The van der Waals surface area contributed by atoms with E-state index in [4.69, 9.17) is 9.47 Å². The highest BCUT2D eigenvalue weighted by atomic mass is 19.1. The van der Waals surface area contributed by atoms with E-state index in [1.165, 1.54) is 19.2 Å². The number of nitrogens with one attached hydrogen (secondary N) is 1. The number of hydrogen-bond donors (Lipinski definition) is 4. The van der Waals surface area contributed by atoms with Crippen LogP contribution in [0.5, 0.6) is 11.5 Å². The van der Waals surface area contributed by atoms with Gasteiger partial charge in [-0.25, -0.2) is 4.39 Å². The summed E-state index contributed by atoms with van der Waals surface area (Å²) in [5, 5.41) is 33.5. The molecule has 40 heavy (non-hydrogen) atoms. The van der Waals surface area contributed by atoms with Gasteiger partial charge in [-0.15, -0.1) is 0 Å². The third-order valence-corrected chi connectivity index (χ3v) is 7.45. The standard InChI is InChI=1S/C30H37FN2O7/c1-3-4-8-25(36)33(11-9-18-6-5-7-20(31)13-18)23-16-22(30(38)32-10-12-34)26-21-14-19(17-35)15-24(39-2)28(21)40-29(26)27(23)37/h5-7,13-16,23,26-27,29,34-35,37H,3-4,8-12,17H2,1-2H3,(H,32,38)/t23-,26+,27+,29+/m1/s1.